The van der Waals surface area contributed by atoms with Crippen LogP contribution < -0.4 is 10.6 Å². The normalized spacial score (nSPS) is 12.4. The fourth-order valence-corrected chi connectivity index (χ4v) is 2.33. The molecule has 0 aliphatic rings. The molecule has 0 unspecified atom stereocenters. The van der Waals surface area contributed by atoms with E-state index in [1.165, 1.54) is 11.3 Å². The van der Waals surface area contributed by atoms with Gasteiger partial charge in [0.15, 0.2) is 5.13 Å². The van der Waals surface area contributed by atoms with Gasteiger partial charge in [0.2, 0.25) is 5.91 Å². The van der Waals surface area contributed by atoms with E-state index in [2.05, 4.69) is 30.6 Å². The van der Waals surface area contributed by atoms with E-state index in [4.69, 9.17) is 0 Å². The van der Waals surface area contributed by atoms with Gasteiger partial charge in [-0.2, -0.15) is 0 Å². The Balaban J connectivity index is 1.57. The number of carbonyl (C=O) groups is 1. The molecule has 21 heavy (non-hydrogen) atoms. The number of hydrogen-bond acceptors (Lipinski definition) is 7. The van der Waals surface area contributed by atoms with E-state index in [0.29, 0.717) is 22.7 Å². The molecular weight excluding hydrogens is 290 g/mol. The van der Waals surface area contributed by atoms with E-state index in [1.54, 1.807) is 13.1 Å². The van der Waals surface area contributed by atoms with E-state index < -0.39 is 0 Å². The average Bonchev–Trinajstić information content (AvgIpc) is 3.14. The number of aromatic nitrogens is 3. The number of fused-ring (bicyclic) bond motifs is 1. The first-order chi connectivity index (χ1) is 10.2. The summed E-state index contributed by atoms with van der Waals surface area (Å²) in [6, 6.07) is 5.30. The maximum atomic E-state index is 12.0. The molecule has 0 fully saturated rings. The molecule has 3 aromatic rings. The van der Waals surface area contributed by atoms with Gasteiger partial charge in [-0.05, 0) is 34.9 Å². The largest absolute Gasteiger partial charge is 0.302 e. The number of hydrogen-bond donors (Lipinski definition) is 2. The first-order valence-electron chi connectivity index (χ1n) is 6.37. The molecule has 0 saturated heterocycles. The van der Waals surface area contributed by atoms with Crippen LogP contribution in [0.3, 0.4) is 0 Å². The highest BCUT2D eigenvalue weighted by Crippen LogP contribution is 2.12. The topological polar surface area (TPSA) is 92.9 Å². The third-order valence-electron chi connectivity index (χ3n) is 2.99. The Kier molecular flexibility index (Phi) is 3.89. The van der Waals surface area contributed by atoms with Crippen LogP contribution in [-0.4, -0.2) is 27.2 Å². The van der Waals surface area contributed by atoms with E-state index in [1.807, 2.05) is 23.6 Å². The van der Waals surface area contributed by atoms with Crippen LogP contribution in [0.4, 0.5) is 5.13 Å². The quantitative estimate of drug-likeness (QED) is 0.746. The van der Waals surface area contributed by atoms with Crippen molar-refractivity contribution in [1.29, 1.82) is 0 Å². The first-order valence-corrected chi connectivity index (χ1v) is 7.25. The summed E-state index contributed by atoms with van der Waals surface area (Å²) in [6.45, 7) is 2.36. The molecule has 8 heteroatoms. The number of carbonyl (C=O) groups excluding carboxylic acids is 1. The second-order valence-corrected chi connectivity index (χ2v) is 5.41. The highest BCUT2D eigenvalue weighted by Gasteiger charge is 2.13. The lowest BCUT2D eigenvalue weighted by Crippen LogP contribution is -2.37. The van der Waals surface area contributed by atoms with Gasteiger partial charge in [-0.1, -0.05) is 6.07 Å². The fourth-order valence-electron chi connectivity index (χ4n) is 1.80. The van der Waals surface area contributed by atoms with Gasteiger partial charge >= 0.3 is 0 Å². The van der Waals surface area contributed by atoms with Crippen molar-refractivity contribution in [2.24, 2.45) is 0 Å². The summed E-state index contributed by atoms with van der Waals surface area (Å²) in [5.74, 6) is -0.117. The summed E-state index contributed by atoms with van der Waals surface area (Å²) in [5.41, 5.74) is 2.43. The third kappa shape index (κ3) is 3.23. The molecule has 2 heterocycles. The molecule has 0 spiro atoms. The number of nitrogens with zero attached hydrogens (tertiary/aromatic N) is 3. The van der Waals surface area contributed by atoms with Crippen molar-refractivity contribution in [2.75, 3.05) is 5.32 Å². The second-order valence-electron chi connectivity index (χ2n) is 4.52. The predicted molar refractivity (Wildman–Crippen MR) is 78.8 cm³/mol. The van der Waals surface area contributed by atoms with Gasteiger partial charge in [-0.15, -0.1) is 11.3 Å². The SMILES string of the molecule is C[C@@H](NCc1ccc2nonc2c1)C(=O)Nc1nccs1. The maximum Gasteiger partial charge on any atom is 0.243 e. The fraction of sp³-hybridized carbons (Fsp3) is 0.231. The Bertz CT molecular complexity index is 740. The lowest BCUT2D eigenvalue weighted by Gasteiger charge is -2.12. The molecule has 2 N–H and O–H groups in total. The van der Waals surface area contributed by atoms with Gasteiger partial charge in [0, 0.05) is 18.1 Å². The number of benzene rings is 1. The molecular formula is C13H13N5O2S. The first kappa shape index (κ1) is 13.7. The minimum Gasteiger partial charge on any atom is -0.302 e. The molecule has 2 aromatic heterocycles. The van der Waals surface area contributed by atoms with Crippen molar-refractivity contribution in [1.82, 2.24) is 20.6 Å². The van der Waals surface area contributed by atoms with Crippen molar-refractivity contribution in [3.05, 3.63) is 35.3 Å². The van der Waals surface area contributed by atoms with Crippen LogP contribution in [0.2, 0.25) is 0 Å². The average molecular weight is 303 g/mol. The summed E-state index contributed by atoms with van der Waals surface area (Å²) in [4.78, 5) is 16.0. The molecule has 0 bridgehead atoms. The van der Waals surface area contributed by atoms with Crippen molar-refractivity contribution < 1.29 is 9.42 Å². The highest BCUT2D eigenvalue weighted by molar-refractivity contribution is 7.13. The molecule has 0 aliphatic carbocycles. The minimum atomic E-state index is -0.333. The number of thiazole rings is 1. The van der Waals surface area contributed by atoms with Crippen LogP contribution >= 0.6 is 11.3 Å². The summed E-state index contributed by atoms with van der Waals surface area (Å²) < 4.78 is 4.65. The predicted octanol–water partition coefficient (Wildman–Crippen LogP) is 1.80. The minimum absolute atomic E-state index is 0.117. The molecule has 1 amide bonds. The van der Waals surface area contributed by atoms with Crippen LogP contribution in [0, 0.1) is 0 Å². The van der Waals surface area contributed by atoms with Crippen LogP contribution in [0.5, 0.6) is 0 Å². The number of rotatable bonds is 5. The summed E-state index contributed by atoms with van der Waals surface area (Å²) >= 11 is 1.39. The smallest absolute Gasteiger partial charge is 0.243 e. The van der Waals surface area contributed by atoms with Crippen LogP contribution in [0.1, 0.15) is 12.5 Å². The Morgan fingerprint density at radius 2 is 2.24 bits per heavy atom. The lowest BCUT2D eigenvalue weighted by molar-refractivity contribution is -0.117. The Hall–Kier alpha value is -2.32. The van der Waals surface area contributed by atoms with Crippen LogP contribution in [-0.2, 0) is 11.3 Å². The third-order valence-corrected chi connectivity index (χ3v) is 3.67. The van der Waals surface area contributed by atoms with Gasteiger partial charge in [0.25, 0.3) is 0 Å². The summed E-state index contributed by atoms with van der Waals surface area (Å²) in [7, 11) is 0. The van der Waals surface area contributed by atoms with Crippen LogP contribution in [0.15, 0.2) is 34.4 Å². The molecule has 0 aliphatic heterocycles. The molecule has 0 saturated carbocycles. The van der Waals surface area contributed by atoms with Gasteiger partial charge in [0.05, 0.1) is 6.04 Å². The van der Waals surface area contributed by atoms with E-state index in [-0.39, 0.29) is 11.9 Å². The van der Waals surface area contributed by atoms with Gasteiger partial charge < -0.3 is 10.6 Å². The van der Waals surface area contributed by atoms with E-state index >= 15 is 0 Å². The van der Waals surface area contributed by atoms with E-state index in [0.717, 1.165) is 5.56 Å². The van der Waals surface area contributed by atoms with E-state index in [9.17, 15) is 4.79 Å². The molecule has 0 radical (unpaired) electrons. The monoisotopic (exact) mass is 303 g/mol. The second kappa shape index (κ2) is 5.98. The number of anilines is 1. The molecule has 3 rings (SSSR count). The number of amides is 1. The molecule has 1 aromatic carbocycles. The summed E-state index contributed by atoms with van der Waals surface area (Å²) in [5, 5.41) is 15.9. The zero-order valence-corrected chi connectivity index (χ0v) is 12.1. The Morgan fingerprint density at radius 1 is 1.38 bits per heavy atom. The standard InChI is InChI=1S/C13H13N5O2S/c1-8(12(19)16-13-14-4-5-21-13)15-7-9-2-3-10-11(6-9)18-20-17-10/h2-6,8,15H,7H2,1H3,(H,14,16,19)/t8-/m1/s1. The van der Waals surface area contributed by atoms with Gasteiger partial charge in [0.1, 0.15) is 11.0 Å². The zero-order chi connectivity index (χ0) is 14.7. The molecule has 108 valence electrons. The number of nitrogens with one attached hydrogen (secondary N) is 2. The molecule has 7 nitrogen and oxygen atoms in total. The van der Waals surface area contributed by atoms with Crippen LogP contribution in [0.25, 0.3) is 11.0 Å². The molecule has 1 atom stereocenters. The van der Waals surface area contributed by atoms with Gasteiger partial charge in [-0.3, -0.25) is 4.79 Å². The Labute approximate surface area is 124 Å². The van der Waals surface area contributed by atoms with Gasteiger partial charge in [-0.25, -0.2) is 9.61 Å². The highest BCUT2D eigenvalue weighted by atomic mass is 32.1. The van der Waals surface area contributed by atoms with Crippen molar-refractivity contribution in [3.8, 4) is 0 Å². The van der Waals surface area contributed by atoms with Crippen molar-refractivity contribution in [2.45, 2.75) is 19.5 Å². The maximum absolute atomic E-state index is 12.0. The lowest BCUT2D eigenvalue weighted by atomic mass is 10.2. The summed E-state index contributed by atoms with van der Waals surface area (Å²) in [6.07, 6.45) is 1.65. The Morgan fingerprint density at radius 3 is 3.05 bits per heavy atom. The zero-order valence-electron chi connectivity index (χ0n) is 11.2. The van der Waals surface area contributed by atoms with Crippen molar-refractivity contribution in [3.63, 3.8) is 0 Å². The van der Waals surface area contributed by atoms with Crippen molar-refractivity contribution >= 4 is 33.4 Å².